The number of amides is 2. The molecule has 0 radical (unpaired) electrons. The predicted octanol–water partition coefficient (Wildman–Crippen LogP) is 3.91. The molecule has 0 spiro atoms. The lowest BCUT2D eigenvalue weighted by Gasteiger charge is -2.20. The fourth-order valence-corrected chi connectivity index (χ4v) is 4.89. The van der Waals surface area contributed by atoms with E-state index in [0.717, 1.165) is 6.42 Å². The summed E-state index contributed by atoms with van der Waals surface area (Å²) < 4.78 is 5.74. The number of benzene rings is 2. The van der Waals surface area contributed by atoms with Gasteiger partial charge in [0.2, 0.25) is 11.8 Å². The average Bonchev–Trinajstić information content (AvgIpc) is 3.41. The zero-order chi connectivity index (χ0) is 20.1. The summed E-state index contributed by atoms with van der Waals surface area (Å²) >= 11 is 5.86. The number of nitrogens with zero attached hydrogens (tertiary/aromatic N) is 1. The predicted molar refractivity (Wildman–Crippen MR) is 108 cm³/mol. The Morgan fingerprint density at radius 3 is 2.24 bits per heavy atom. The molecule has 2 aromatic rings. The number of hydrogen-bond acceptors (Lipinski definition) is 4. The lowest BCUT2D eigenvalue weighted by Crippen LogP contribution is -2.33. The van der Waals surface area contributed by atoms with Gasteiger partial charge in [-0.1, -0.05) is 35.9 Å². The molecule has 146 valence electrons. The van der Waals surface area contributed by atoms with Crippen molar-refractivity contribution in [2.75, 3.05) is 11.5 Å². The van der Waals surface area contributed by atoms with E-state index in [9.17, 15) is 14.4 Å². The number of carbonyl (C=O) groups excluding carboxylic acids is 3. The first kappa shape index (κ1) is 18.1. The fourth-order valence-electron chi connectivity index (χ4n) is 4.77. The molecular weight excluding hydrogens is 390 g/mol. The molecule has 2 aliphatic carbocycles. The number of allylic oxidation sites excluding steroid dienone is 2. The number of ether oxygens (including phenoxy) is 1. The fraction of sp³-hybridized carbons (Fsp3) is 0.261. The van der Waals surface area contributed by atoms with E-state index in [-0.39, 0.29) is 47.9 Å². The molecule has 0 N–H and O–H groups in total. The minimum absolute atomic E-state index is 0.144. The first-order chi connectivity index (χ1) is 14.0. The highest BCUT2D eigenvalue weighted by Crippen LogP contribution is 2.53. The van der Waals surface area contributed by atoms with E-state index in [4.69, 9.17) is 16.3 Å². The monoisotopic (exact) mass is 407 g/mol. The van der Waals surface area contributed by atoms with Crippen molar-refractivity contribution in [3.63, 3.8) is 0 Å². The van der Waals surface area contributed by atoms with Crippen molar-refractivity contribution in [1.29, 1.82) is 0 Å². The third-order valence-electron chi connectivity index (χ3n) is 6.10. The zero-order valence-corrected chi connectivity index (χ0v) is 16.2. The molecule has 2 fully saturated rings. The van der Waals surface area contributed by atoms with E-state index >= 15 is 0 Å². The van der Waals surface area contributed by atoms with E-state index in [1.54, 1.807) is 48.5 Å². The van der Waals surface area contributed by atoms with E-state index in [0.29, 0.717) is 22.0 Å². The molecule has 1 saturated heterocycles. The summed E-state index contributed by atoms with van der Waals surface area (Å²) in [6.07, 6.45) is 5.01. The van der Waals surface area contributed by atoms with Crippen molar-refractivity contribution >= 4 is 34.9 Å². The Morgan fingerprint density at radius 1 is 0.966 bits per heavy atom. The number of halogens is 1. The quantitative estimate of drug-likeness (QED) is 0.428. The standard InChI is InChI=1S/C23H18ClNO4/c24-16-9-7-13(8-10-16)18(26)12-29-19-4-2-1-3-17(19)25-22(27)20-14-5-6-15(11-14)21(20)23(25)28/h1-10,14-15,20-21H,11-12H2/t14-,15-,20-,21+/m0/s1. The number of imide groups is 1. The van der Waals surface area contributed by atoms with Crippen LogP contribution in [0.15, 0.2) is 60.7 Å². The molecule has 6 heteroatoms. The molecule has 5 rings (SSSR count). The van der Waals surface area contributed by atoms with Gasteiger partial charge in [0.1, 0.15) is 5.75 Å². The maximum atomic E-state index is 13.1. The molecule has 2 aromatic carbocycles. The van der Waals surface area contributed by atoms with E-state index in [1.807, 2.05) is 0 Å². The van der Waals surface area contributed by atoms with Gasteiger partial charge in [-0.3, -0.25) is 14.4 Å². The van der Waals surface area contributed by atoms with Gasteiger partial charge in [0.25, 0.3) is 0 Å². The van der Waals surface area contributed by atoms with Gasteiger partial charge in [0.05, 0.1) is 17.5 Å². The summed E-state index contributed by atoms with van der Waals surface area (Å²) in [5.74, 6) is -0.472. The van der Waals surface area contributed by atoms with Crippen molar-refractivity contribution in [3.8, 4) is 5.75 Å². The number of anilines is 1. The lowest BCUT2D eigenvalue weighted by molar-refractivity contribution is -0.123. The van der Waals surface area contributed by atoms with Crippen LogP contribution >= 0.6 is 11.6 Å². The van der Waals surface area contributed by atoms with Crippen LogP contribution in [-0.4, -0.2) is 24.2 Å². The molecule has 2 bridgehead atoms. The van der Waals surface area contributed by atoms with Gasteiger partial charge in [-0.25, -0.2) is 4.90 Å². The minimum Gasteiger partial charge on any atom is -0.483 e. The maximum Gasteiger partial charge on any atom is 0.238 e. The van der Waals surface area contributed by atoms with E-state index < -0.39 is 0 Å². The van der Waals surface area contributed by atoms with E-state index in [1.165, 1.54) is 4.90 Å². The van der Waals surface area contributed by atoms with Crippen LogP contribution in [0.4, 0.5) is 5.69 Å². The molecule has 2 amide bonds. The normalized spacial score (nSPS) is 26.9. The second-order valence-corrected chi connectivity index (χ2v) is 8.13. The third-order valence-corrected chi connectivity index (χ3v) is 6.35. The highest BCUT2D eigenvalue weighted by Gasteiger charge is 2.59. The van der Waals surface area contributed by atoms with Crippen molar-refractivity contribution in [2.24, 2.45) is 23.7 Å². The number of Topliss-reactive ketones (excluding diaryl/α,β-unsaturated/α-hetero) is 1. The first-order valence-electron chi connectivity index (χ1n) is 9.61. The van der Waals surface area contributed by atoms with Gasteiger partial charge >= 0.3 is 0 Å². The number of hydrogen-bond donors (Lipinski definition) is 0. The van der Waals surface area contributed by atoms with Crippen molar-refractivity contribution < 1.29 is 19.1 Å². The minimum atomic E-state index is -0.277. The summed E-state index contributed by atoms with van der Waals surface area (Å²) in [6.45, 7) is -0.200. The molecular formula is C23H18ClNO4. The number of ketones is 1. The van der Waals surface area contributed by atoms with Crippen LogP contribution in [0, 0.1) is 23.7 Å². The number of para-hydroxylation sites is 2. The van der Waals surface area contributed by atoms with Crippen molar-refractivity contribution in [3.05, 3.63) is 71.3 Å². The average molecular weight is 408 g/mol. The Hall–Kier alpha value is -2.92. The molecule has 29 heavy (non-hydrogen) atoms. The van der Waals surface area contributed by atoms with Gasteiger partial charge < -0.3 is 4.74 Å². The Kier molecular flexibility index (Phi) is 4.28. The van der Waals surface area contributed by atoms with Gasteiger partial charge in [-0.15, -0.1) is 0 Å². The highest BCUT2D eigenvalue weighted by molar-refractivity contribution is 6.30. The van der Waals surface area contributed by atoms with Crippen LogP contribution in [0.2, 0.25) is 5.02 Å². The van der Waals surface area contributed by atoms with Crippen LogP contribution in [-0.2, 0) is 9.59 Å². The van der Waals surface area contributed by atoms with Crippen LogP contribution in [0.25, 0.3) is 0 Å². The molecule has 0 aromatic heterocycles. The Morgan fingerprint density at radius 2 is 1.59 bits per heavy atom. The second kappa shape index (κ2) is 6.85. The summed E-state index contributed by atoms with van der Waals surface area (Å²) in [6, 6.07) is 13.4. The van der Waals surface area contributed by atoms with E-state index in [2.05, 4.69) is 12.2 Å². The Labute approximate surface area is 172 Å². The molecule has 1 aliphatic heterocycles. The molecule has 0 unspecified atom stereocenters. The van der Waals surface area contributed by atoms with Crippen molar-refractivity contribution in [2.45, 2.75) is 6.42 Å². The molecule has 4 atom stereocenters. The SMILES string of the molecule is O=C(COc1ccccc1N1C(=O)[C@@H]2[C@H](C1=O)[C@H]1C=C[C@H]2C1)c1ccc(Cl)cc1. The van der Waals surface area contributed by atoms with Crippen molar-refractivity contribution in [1.82, 2.24) is 0 Å². The van der Waals surface area contributed by atoms with Crippen LogP contribution in [0.3, 0.4) is 0 Å². The largest absolute Gasteiger partial charge is 0.483 e. The number of carbonyl (C=O) groups is 3. The Balaban J connectivity index is 1.38. The van der Waals surface area contributed by atoms with Gasteiger partial charge in [0.15, 0.2) is 12.4 Å². The van der Waals surface area contributed by atoms with Gasteiger partial charge in [-0.2, -0.15) is 0 Å². The third kappa shape index (κ3) is 2.88. The number of rotatable bonds is 5. The van der Waals surface area contributed by atoms with Gasteiger partial charge in [0, 0.05) is 10.6 Å². The zero-order valence-electron chi connectivity index (χ0n) is 15.5. The molecule has 1 heterocycles. The second-order valence-electron chi connectivity index (χ2n) is 7.70. The summed E-state index contributed by atoms with van der Waals surface area (Å²) in [7, 11) is 0. The first-order valence-corrected chi connectivity index (χ1v) is 9.99. The smallest absolute Gasteiger partial charge is 0.238 e. The number of fused-ring (bicyclic) bond motifs is 5. The summed E-state index contributed by atoms with van der Waals surface area (Å²) in [5.41, 5.74) is 0.887. The highest BCUT2D eigenvalue weighted by atomic mass is 35.5. The van der Waals surface area contributed by atoms with Crippen LogP contribution < -0.4 is 9.64 Å². The lowest BCUT2D eigenvalue weighted by atomic mass is 9.85. The molecule has 1 saturated carbocycles. The summed E-state index contributed by atoms with van der Waals surface area (Å²) in [4.78, 5) is 39.8. The topological polar surface area (TPSA) is 63.7 Å². The van der Waals surface area contributed by atoms with Gasteiger partial charge in [-0.05, 0) is 54.7 Å². The van der Waals surface area contributed by atoms with Crippen LogP contribution in [0.1, 0.15) is 16.8 Å². The van der Waals surface area contributed by atoms with Crippen LogP contribution in [0.5, 0.6) is 5.75 Å². The Bertz CT molecular complexity index is 1020. The molecule has 5 nitrogen and oxygen atoms in total. The maximum absolute atomic E-state index is 13.1. The summed E-state index contributed by atoms with van der Waals surface area (Å²) in [5, 5.41) is 0.549. The molecule has 3 aliphatic rings.